The van der Waals surface area contributed by atoms with Crippen molar-refractivity contribution < 1.29 is 24.1 Å². The molecule has 0 unspecified atom stereocenters. The molecular formula is C21H23FN2O4. The molecule has 0 fully saturated rings. The van der Waals surface area contributed by atoms with Crippen LogP contribution in [-0.4, -0.2) is 40.1 Å². The maximum absolute atomic E-state index is 13.2. The van der Waals surface area contributed by atoms with Gasteiger partial charge in [-0.15, -0.1) is 0 Å². The van der Waals surface area contributed by atoms with Crippen LogP contribution in [0.25, 0.3) is 0 Å². The maximum Gasteiger partial charge on any atom is 0.218 e. The highest BCUT2D eigenvalue weighted by atomic mass is 19.1. The normalized spacial score (nSPS) is 15.0. The van der Waals surface area contributed by atoms with Crippen LogP contribution >= 0.6 is 0 Å². The van der Waals surface area contributed by atoms with Crippen molar-refractivity contribution in [2.24, 2.45) is 4.99 Å². The summed E-state index contributed by atoms with van der Waals surface area (Å²) in [6, 6.07) is 7.61. The van der Waals surface area contributed by atoms with E-state index in [9.17, 15) is 19.4 Å². The van der Waals surface area contributed by atoms with Crippen LogP contribution in [0.1, 0.15) is 47.3 Å². The monoisotopic (exact) mass is 386 g/mol. The topological polar surface area (TPSA) is 92.0 Å². The minimum atomic E-state index is -0.756. The Bertz CT molecular complexity index is 894. The second-order valence-electron chi connectivity index (χ2n) is 6.90. The van der Waals surface area contributed by atoms with Crippen molar-refractivity contribution >= 4 is 11.7 Å². The number of ketones is 1. The minimum Gasteiger partial charge on any atom is -0.481 e. The molecule has 1 aliphatic rings. The van der Waals surface area contributed by atoms with Crippen molar-refractivity contribution in [2.75, 3.05) is 7.11 Å². The average molecular weight is 386 g/mol. The summed E-state index contributed by atoms with van der Waals surface area (Å²) in [4.78, 5) is 21.3. The standard InChI is InChI=1S/C21H23FN2O4/c1-12(26)18(13-3-5-15(22)6-4-13)9-17(27)8-16-7-14-10-23-21(28-2)20(14)19(11-25)24-16/h3-7,12,18,25-26H,8-11H2,1-2H3/t12-,18-/m1/s1. The zero-order chi connectivity index (χ0) is 20.3. The first kappa shape index (κ1) is 20.1. The number of pyridine rings is 1. The Labute approximate surface area is 162 Å². The molecule has 0 spiro atoms. The molecular weight excluding hydrogens is 363 g/mol. The summed E-state index contributed by atoms with van der Waals surface area (Å²) >= 11 is 0. The molecule has 7 heteroatoms. The number of aliphatic hydroxyl groups excluding tert-OH is 2. The Morgan fingerprint density at radius 2 is 2.04 bits per heavy atom. The van der Waals surface area contributed by atoms with Crippen molar-refractivity contribution in [1.82, 2.24) is 4.98 Å². The summed E-state index contributed by atoms with van der Waals surface area (Å²) in [6.07, 6.45) is -0.573. The number of rotatable bonds is 7. The third-order valence-corrected chi connectivity index (χ3v) is 4.89. The number of benzene rings is 1. The number of Topliss-reactive ketones (excluding diaryl/α,β-unsaturated/α-hetero) is 1. The molecule has 2 N–H and O–H groups in total. The second kappa shape index (κ2) is 8.58. The quantitative estimate of drug-likeness (QED) is 0.762. The molecule has 1 aliphatic heterocycles. The Morgan fingerprint density at radius 1 is 1.32 bits per heavy atom. The van der Waals surface area contributed by atoms with Crippen LogP contribution in [-0.2, 0) is 29.1 Å². The van der Waals surface area contributed by atoms with Crippen molar-refractivity contribution in [1.29, 1.82) is 0 Å². The molecule has 1 aromatic heterocycles. The van der Waals surface area contributed by atoms with Gasteiger partial charge in [0.25, 0.3) is 0 Å². The molecule has 28 heavy (non-hydrogen) atoms. The van der Waals surface area contributed by atoms with Gasteiger partial charge in [-0.05, 0) is 36.2 Å². The van der Waals surface area contributed by atoms with E-state index >= 15 is 0 Å². The van der Waals surface area contributed by atoms with Gasteiger partial charge < -0.3 is 14.9 Å². The summed E-state index contributed by atoms with van der Waals surface area (Å²) in [7, 11) is 1.51. The Hall–Kier alpha value is -2.64. The van der Waals surface area contributed by atoms with Crippen LogP contribution < -0.4 is 0 Å². The van der Waals surface area contributed by atoms with Crippen LogP contribution in [0.3, 0.4) is 0 Å². The molecule has 0 bridgehead atoms. The Kier molecular flexibility index (Phi) is 6.16. The maximum atomic E-state index is 13.2. The lowest BCUT2D eigenvalue weighted by atomic mass is 9.88. The van der Waals surface area contributed by atoms with Gasteiger partial charge in [0.1, 0.15) is 11.6 Å². The third kappa shape index (κ3) is 4.26. The number of nitrogens with zero attached hydrogens (tertiary/aromatic N) is 2. The molecule has 0 aliphatic carbocycles. The molecule has 3 rings (SSSR count). The van der Waals surface area contributed by atoms with Gasteiger partial charge in [0.05, 0.1) is 37.6 Å². The van der Waals surface area contributed by atoms with E-state index < -0.39 is 12.0 Å². The number of aromatic nitrogens is 1. The van der Waals surface area contributed by atoms with Crippen molar-refractivity contribution in [3.63, 3.8) is 0 Å². The van der Waals surface area contributed by atoms with Crippen LogP contribution in [0.5, 0.6) is 0 Å². The number of aliphatic hydroxyl groups is 2. The first-order chi connectivity index (χ1) is 13.4. The van der Waals surface area contributed by atoms with Gasteiger partial charge in [0.2, 0.25) is 5.90 Å². The number of halogens is 1. The van der Waals surface area contributed by atoms with Crippen LogP contribution in [0.15, 0.2) is 35.3 Å². The fourth-order valence-electron chi connectivity index (χ4n) is 3.51. The predicted octanol–water partition coefficient (Wildman–Crippen LogP) is 2.29. The molecule has 2 atom stereocenters. The molecule has 0 radical (unpaired) electrons. The summed E-state index contributed by atoms with van der Waals surface area (Å²) < 4.78 is 18.4. The lowest BCUT2D eigenvalue weighted by Gasteiger charge is -2.20. The van der Waals surface area contributed by atoms with Gasteiger partial charge >= 0.3 is 0 Å². The molecule has 0 saturated heterocycles. The van der Waals surface area contributed by atoms with Gasteiger partial charge in [0, 0.05) is 24.5 Å². The lowest BCUT2D eigenvalue weighted by Crippen LogP contribution is -2.20. The van der Waals surface area contributed by atoms with Gasteiger partial charge in [0.15, 0.2) is 0 Å². The van der Waals surface area contributed by atoms with E-state index in [0.29, 0.717) is 35.0 Å². The van der Waals surface area contributed by atoms with Crippen molar-refractivity contribution in [3.8, 4) is 0 Å². The van der Waals surface area contributed by atoms with E-state index in [1.807, 2.05) is 0 Å². The molecule has 2 aromatic rings. The van der Waals surface area contributed by atoms with Gasteiger partial charge in [-0.2, -0.15) is 0 Å². The zero-order valence-electron chi connectivity index (χ0n) is 15.9. The Balaban J connectivity index is 1.76. The van der Waals surface area contributed by atoms with E-state index in [4.69, 9.17) is 4.74 Å². The van der Waals surface area contributed by atoms with E-state index in [1.165, 1.54) is 19.2 Å². The fourth-order valence-corrected chi connectivity index (χ4v) is 3.51. The Morgan fingerprint density at radius 3 is 2.64 bits per heavy atom. The molecule has 148 valence electrons. The molecule has 1 aromatic carbocycles. The SMILES string of the molecule is COC1=NCc2cc(CC(=O)C[C@@H](c3ccc(F)cc3)[C@@H](C)O)nc(CO)c21. The highest BCUT2D eigenvalue weighted by molar-refractivity contribution is 5.98. The number of carbonyl (C=O) groups is 1. The molecule has 6 nitrogen and oxygen atoms in total. The van der Waals surface area contributed by atoms with E-state index in [0.717, 1.165) is 5.56 Å². The number of methoxy groups -OCH3 is 1. The number of carbonyl (C=O) groups excluding carboxylic acids is 1. The van der Waals surface area contributed by atoms with Crippen LogP contribution in [0.4, 0.5) is 4.39 Å². The summed E-state index contributed by atoms with van der Waals surface area (Å²) in [5.41, 5.74) is 3.24. The predicted molar refractivity (Wildman–Crippen MR) is 102 cm³/mol. The number of hydrogen-bond donors (Lipinski definition) is 2. The largest absolute Gasteiger partial charge is 0.481 e. The highest BCUT2D eigenvalue weighted by Gasteiger charge is 2.25. The van der Waals surface area contributed by atoms with Gasteiger partial charge in [-0.25, -0.2) is 9.38 Å². The van der Waals surface area contributed by atoms with Gasteiger partial charge in [-0.3, -0.25) is 9.78 Å². The smallest absolute Gasteiger partial charge is 0.218 e. The molecule has 2 heterocycles. The highest BCUT2D eigenvalue weighted by Crippen LogP contribution is 2.27. The first-order valence-corrected chi connectivity index (χ1v) is 9.09. The van der Waals surface area contributed by atoms with Crippen LogP contribution in [0, 0.1) is 5.82 Å². The van der Waals surface area contributed by atoms with Gasteiger partial charge in [-0.1, -0.05) is 12.1 Å². The molecule has 0 amide bonds. The third-order valence-electron chi connectivity index (χ3n) is 4.89. The minimum absolute atomic E-state index is 0.0764. The number of fused-ring (bicyclic) bond motifs is 1. The van der Waals surface area contributed by atoms with Crippen molar-refractivity contribution in [2.45, 2.75) is 44.9 Å². The second-order valence-corrected chi connectivity index (χ2v) is 6.90. The summed E-state index contributed by atoms with van der Waals surface area (Å²) in [6.45, 7) is 1.75. The fraction of sp³-hybridized carbons (Fsp3) is 0.381. The summed E-state index contributed by atoms with van der Waals surface area (Å²) in [5.74, 6) is -0.452. The van der Waals surface area contributed by atoms with E-state index in [2.05, 4.69) is 9.98 Å². The average Bonchev–Trinajstić information content (AvgIpc) is 3.09. The lowest BCUT2D eigenvalue weighted by molar-refractivity contribution is -0.119. The number of aliphatic imine (C=N–C) groups is 1. The zero-order valence-corrected chi connectivity index (χ0v) is 15.9. The van der Waals surface area contributed by atoms with Crippen molar-refractivity contribution in [3.05, 3.63) is 64.2 Å². The van der Waals surface area contributed by atoms with Crippen LogP contribution in [0.2, 0.25) is 0 Å². The first-order valence-electron chi connectivity index (χ1n) is 9.09. The molecule has 0 saturated carbocycles. The number of ether oxygens (including phenoxy) is 1. The van der Waals surface area contributed by atoms with E-state index in [-0.39, 0.29) is 31.0 Å². The number of hydrogen-bond acceptors (Lipinski definition) is 6. The van der Waals surface area contributed by atoms with E-state index in [1.54, 1.807) is 25.1 Å². The summed E-state index contributed by atoms with van der Waals surface area (Å²) in [5, 5.41) is 19.7.